The Morgan fingerprint density at radius 1 is 1.38 bits per heavy atom. The van der Waals surface area contributed by atoms with Crippen LogP contribution in [0.25, 0.3) is 0 Å². The number of epoxide rings is 2. The average Bonchev–Trinajstić information content (AvgIpc) is 3.57. The van der Waals surface area contributed by atoms with Gasteiger partial charge in [0.05, 0.1) is 31.3 Å². The molecule has 166 valence electrons. The Morgan fingerprint density at radius 2 is 2.07 bits per heavy atom. The highest BCUT2D eigenvalue weighted by Gasteiger charge is 2.72. The van der Waals surface area contributed by atoms with Crippen LogP contribution in [-0.2, 0) is 18.9 Å². The number of amides is 1. The molecule has 0 aromatic carbocycles. The molecule has 7 nitrogen and oxygen atoms in total. The molecule has 3 rings (SSSR count). The van der Waals surface area contributed by atoms with Gasteiger partial charge in [-0.05, 0) is 46.0 Å². The maximum atomic E-state index is 12.5. The number of hydrogen-bond donors (Lipinski definition) is 2. The summed E-state index contributed by atoms with van der Waals surface area (Å²) in [5.74, 6) is 0.114. The average molecular weight is 412 g/mol. The van der Waals surface area contributed by atoms with Gasteiger partial charge in [-0.2, -0.15) is 0 Å². The maximum Gasteiger partial charge on any atom is 0.407 e. The second kappa shape index (κ2) is 8.53. The third-order valence-electron chi connectivity index (χ3n) is 6.80. The number of nitrogens with one attached hydrogen (secondary N) is 1. The smallest absolute Gasteiger partial charge is 0.407 e. The monoisotopic (exact) mass is 411 g/mol. The quantitative estimate of drug-likeness (QED) is 0.471. The summed E-state index contributed by atoms with van der Waals surface area (Å²) in [6.45, 7) is 10.8. The summed E-state index contributed by atoms with van der Waals surface area (Å²) in [6, 6.07) is -0.335. The van der Waals surface area contributed by atoms with Crippen molar-refractivity contribution < 1.29 is 28.8 Å². The summed E-state index contributed by atoms with van der Waals surface area (Å²) < 4.78 is 23.8. The van der Waals surface area contributed by atoms with Crippen LogP contribution in [0.5, 0.6) is 0 Å². The Labute approximate surface area is 174 Å². The third-order valence-corrected chi connectivity index (χ3v) is 6.80. The zero-order chi connectivity index (χ0) is 21.4. The lowest BCUT2D eigenvalue weighted by Crippen LogP contribution is -2.56. The highest BCUT2D eigenvalue weighted by atomic mass is 16.6. The van der Waals surface area contributed by atoms with E-state index in [0.29, 0.717) is 13.0 Å². The van der Waals surface area contributed by atoms with Gasteiger partial charge >= 0.3 is 6.09 Å². The fourth-order valence-corrected chi connectivity index (χ4v) is 4.82. The van der Waals surface area contributed by atoms with E-state index >= 15 is 0 Å². The molecule has 0 aromatic heterocycles. The number of alkyl carbamates (subject to hydrolysis) is 1. The predicted octanol–water partition coefficient (Wildman–Crippen LogP) is 2.81. The lowest BCUT2D eigenvalue weighted by atomic mass is 9.68. The lowest BCUT2D eigenvalue weighted by molar-refractivity contribution is -0.118. The summed E-state index contributed by atoms with van der Waals surface area (Å²) in [6.07, 6.45) is 3.48. The van der Waals surface area contributed by atoms with E-state index in [1.54, 1.807) is 7.11 Å². The molecule has 29 heavy (non-hydrogen) atoms. The van der Waals surface area contributed by atoms with E-state index in [2.05, 4.69) is 32.2 Å². The molecule has 0 aromatic rings. The van der Waals surface area contributed by atoms with E-state index in [9.17, 15) is 9.90 Å². The van der Waals surface area contributed by atoms with Gasteiger partial charge in [0, 0.05) is 7.11 Å². The Balaban J connectivity index is 1.70. The van der Waals surface area contributed by atoms with Gasteiger partial charge in [-0.15, -0.1) is 0 Å². The first-order valence-corrected chi connectivity index (χ1v) is 10.7. The van der Waals surface area contributed by atoms with Crippen molar-refractivity contribution in [3.63, 3.8) is 0 Å². The minimum Gasteiger partial charge on any atom is -0.443 e. The van der Waals surface area contributed by atoms with E-state index < -0.39 is 6.09 Å². The predicted molar refractivity (Wildman–Crippen MR) is 109 cm³/mol. The molecule has 3 fully saturated rings. The summed E-state index contributed by atoms with van der Waals surface area (Å²) in [5.41, 5.74) is 0.679. The standard InChI is InChI=1S/C22H37NO6/c1-13(2)7-8-17-21(5,29-17)19-18(26-6)16(9-10-22(19)12-27-22)28-20(25)23-15(11-24)14(3)4/h7,14-19,24H,8-12H2,1-6H3,(H,23,25)/t15-,16+,17+,18+,19+,21-,22-/m0/s1. The van der Waals surface area contributed by atoms with Crippen molar-refractivity contribution in [3.8, 4) is 0 Å². The number of methoxy groups -OCH3 is 1. The van der Waals surface area contributed by atoms with Gasteiger partial charge in [0.2, 0.25) is 0 Å². The van der Waals surface area contributed by atoms with E-state index in [0.717, 1.165) is 12.8 Å². The van der Waals surface area contributed by atoms with Crippen molar-refractivity contribution in [3.05, 3.63) is 11.6 Å². The Hall–Kier alpha value is -1.15. The van der Waals surface area contributed by atoms with Crippen LogP contribution in [0.2, 0.25) is 0 Å². The molecular weight excluding hydrogens is 374 g/mol. The summed E-state index contributed by atoms with van der Waals surface area (Å²) in [5, 5.41) is 12.2. The van der Waals surface area contributed by atoms with Crippen molar-refractivity contribution in [2.75, 3.05) is 20.3 Å². The highest BCUT2D eigenvalue weighted by Crippen LogP contribution is 2.59. The van der Waals surface area contributed by atoms with Crippen LogP contribution < -0.4 is 5.32 Å². The molecule has 1 spiro atoms. The van der Waals surface area contributed by atoms with Gasteiger partial charge in [0.15, 0.2) is 0 Å². The lowest BCUT2D eigenvalue weighted by Gasteiger charge is -2.42. The molecule has 2 heterocycles. The zero-order valence-corrected chi connectivity index (χ0v) is 18.6. The second-order valence-electron chi connectivity index (χ2n) is 9.50. The van der Waals surface area contributed by atoms with Crippen LogP contribution >= 0.6 is 0 Å². The molecule has 2 aliphatic heterocycles. The fourth-order valence-electron chi connectivity index (χ4n) is 4.82. The van der Waals surface area contributed by atoms with E-state index in [1.807, 2.05) is 13.8 Å². The molecule has 0 unspecified atom stereocenters. The van der Waals surface area contributed by atoms with Crippen LogP contribution in [0.15, 0.2) is 11.6 Å². The molecular formula is C22H37NO6. The topological polar surface area (TPSA) is 92.9 Å². The van der Waals surface area contributed by atoms with Crippen molar-refractivity contribution in [2.24, 2.45) is 11.8 Å². The molecule has 3 aliphatic rings. The zero-order valence-electron chi connectivity index (χ0n) is 18.6. The fraction of sp³-hybridized carbons (Fsp3) is 0.864. The van der Waals surface area contributed by atoms with Gasteiger partial charge in [-0.3, -0.25) is 0 Å². The number of carbonyl (C=O) groups is 1. The van der Waals surface area contributed by atoms with Gasteiger partial charge in [0.1, 0.15) is 23.4 Å². The second-order valence-corrected chi connectivity index (χ2v) is 9.50. The Morgan fingerprint density at radius 3 is 2.59 bits per heavy atom. The van der Waals surface area contributed by atoms with Crippen molar-refractivity contribution in [2.45, 2.75) is 89.4 Å². The Bertz CT molecular complexity index is 627. The molecule has 1 aliphatic carbocycles. The van der Waals surface area contributed by atoms with Gasteiger partial charge < -0.3 is 29.4 Å². The minimum atomic E-state index is -0.515. The number of allylic oxidation sites excluding steroid dienone is 1. The van der Waals surface area contributed by atoms with Crippen LogP contribution in [-0.4, -0.2) is 67.1 Å². The third kappa shape index (κ3) is 4.63. The van der Waals surface area contributed by atoms with Crippen LogP contribution in [0.4, 0.5) is 4.79 Å². The highest BCUT2D eigenvalue weighted by molar-refractivity contribution is 5.68. The molecule has 7 atom stereocenters. The normalized spacial score (nSPS) is 39.2. The number of aliphatic hydroxyl groups is 1. The van der Waals surface area contributed by atoms with E-state index in [-0.39, 0.29) is 54.0 Å². The van der Waals surface area contributed by atoms with Crippen molar-refractivity contribution in [1.82, 2.24) is 5.32 Å². The molecule has 7 heteroatoms. The van der Waals surface area contributed by atoms with Crippen LogP contribution in [0.1, 0.15) is 53.9 Å². The number of ether oxygens (including phenoxy) is 4. The van der Waals surface area contributed by atoms with Crippen LogP contribution in [0.3, 0.4) is 0 Å². The molecule has 0 radical (unpaired) electrons. The molecule has 1 amide bonds. The number of aliphatic hydroxyl groups excluding tert-OH is 1. The van der Waals surface area contributed by atoms with E-state index in [4.69, 9.17) is 18.9 Å². The largest absolute Gasteiger partial charge is 0.443 e. The maximum absolute atomic E-state index is 12.5. The van der Waals surface area contributed by atoms with E-state index in [1.165, 1.54) is 5.57 Å². The number of hydrogen-bond acceptors (Lipinski definition) is 6. The SMILES string of the molecule is CO[C@@H]1[C@H](OC(=O)N[C@@H](CO)C(C)C)CC[C@]2(CO2)[C@H]1[C@@]1(C)O[C@@H]1CC=C(C)C. The van der Waals surface area contributed by atoms with Crippen molar-refractivity contribution in [1.29, 1.82) is 0 Å². The first-order valence-electron chi connectivity index (χ1n) is 10.7. The molecule has 1 saturated carbocycles. The minimum absolute atomic E-state index is 0.000787. The van der Waals surface area contributed by atoms with Gasteiger partial charge in [0.25, 0.3) is 0 Å². The molecule has 2 N–H and O–H groups in total. The van der Waals surface area contributed by atoms with Crippen molar-refractivity contribution >= 4 is 6.09 Å². The van der Waals surface area contributed by atoms with Crippen LogP contribution in [0, 0.1) is 11.8 Å². The molecule has 2 saturated heterocycles. The number of rotatable bonds is 8. The summed E-state index contributed by atoms with van der Waals surface area (Å²) in [7, 11) is 1.66. The Kier molecular flexibility index (Phi) is 6.63. The first kappa shape index (κ1) is 22.5. The number of carbonyl (C=O) groups excluding carboxylic acids is 1. The van der Waals surface area contributed by atoms with Gasteiger partial charge in [-0.1, -0.05) is 25.5 Å². The summed E-state index contributed by atoms with van der Waals surface area (Å²) >= 11 is 0. The molecule has 0 bridgehead atoms. The summed E-state index contributed by atoms with van der Waals surface area (Å²) in [4.78, 5) is 12.5. The first-order chi connectivity index (χ1) is 13.7. The van der Waals surface area contributed by atoms with Gasteiger partial charge in [-0.25, -0.2) is 4.79 Å².